The third-order valence-corrected chi connectivity index (χ3v) is 2.60. The van der Waals surface area contributed by atoms with E-state index in [2.05, 4.69) is 15.5 Å². The highest BCUT2D eigenvalue weighted by atomic mass is 35.5. The molecule has 0 unspecified atom stereocenters. The van der Waals surface area contributed by atoms with Gasteiger partial charge in [-0.05, 0) is 30.3 Å². The lowest BCUT2D eigenvalue weighted by atomic mass is 10.2. The van der Waals surface area contributed by atoms with Crippen molar-refractivity contribution in [2.45, 2.75) is 0 Å². The first-order valence-electron chi connectivity index (χ1n) is 5.40. The lowest BCUT2D eigenvalue weighted by Crippen LogP contribution is -1.99. The van der Waals surface area contributed by atoms with E-state index in [1.807, 2.05) is 12.1 Å². The van der Waals surface area contributed by atoms with Crippen LogP contribution in [0.1, 0.15) is 16.1 Å². The fraction of sp³-hybridized carbons (Fsp3) is 0. The fourth-order valence-corrected chi connectivity index (χ4v) is 1.58. The number of anilines is 1. The summed E-state index contributed by atoms with van der Waals surface area (Å²) in [5.74, 6) is -1.08. The third kappa shape index (κ3) is 3.53. The summed E-state index contributed by atoms with van der Waals surface area (Å²) >= 11 is 5.76. The molecular formula is C13H10ClN3O2. The van der Waals surface area contributed by atoms with Crippen LogP contribution in [0.2, 0.25) is 5.02 Å². The topological polar surface area (TPSA) is 74.6 Å². The number of carboxylic acids is 1. The van der Waals surface area contributed by atoms with Crippen LogP contribution in [-0.2, 0) is 0 Å². The molecule has 0 aliphatic rings. The van der Waals surface area contributed by atoms with Crippen molar-refractivity contribution in [1.29, 1.82) is 0 Å². The number of nitrogens with one attached hydrogen (secondary N) is 1. The quantitative estimate of drug-likeness (QED) is 0.665. The van der Waals surface area contributed by atoms with Crippen molar-refractivity contribution in [1.82, 2.24) is 4.98 Å². The molecule has 0 fully saturated rings. The zero-order chi connectivity index (χ0) is 13.7. The molecule has 0 spiro atoms. The second-order valence-electron chi connectivity index (χ2n) is 3.62. The average Bonchev–Trinajstić information content (AvgIpc) is 2.41. The molecule has 5 nitrogen and oxygen atoms in total. The van der Waals surface area contributed by atoms with E-state index in [0.717, 1.165) is 0 Å². The van der Waals surface area contributed by atoms with Gasteiger partial charge in [-0.25, -0.2) is 4.79 Å². The van der Waals surface area contributed by atoms with E-state index in [9.17, 15) is 4.79 Å². The second kappa shape index (κ2) is 5.97. The predicted molar refractivity (Wildman–Crippen MR) is 73.9 cm³/mol. The van der Waals surface area contributed by atoms with Gasteiger partial charge < -0.3 is 5.11 Å². The van der Waals surface area contributed by atoms with E-state index < -0.39 is 5.97 Å². The Labute approximate surface area is 114 Å². The number of hydrogen-bond donors (Lipinski definition) is 2. The van der Waals surface area contributed by atoms with Crippen LogP contribution in [0.4, 0.5) is 5.69 Å². The minimum atomic E-state index is -1.08. The summed E-state index contributed by atoms with van der Waals surface area (Å²) in [6, 6.07) is 10.0. The Kier molecular flexibility index (Phi) is 4.10. The summed E-state index contributed by atoms with van der Waals surface area (Å²) in [7, 11) is 0. The molecule has 1 heterocycles. The van der Waals surface area contributed by atoms with Crippen LogP contribution in [0.15, 0.2) is 47.7 Å². The molecular weight excluding hydrogens is 266 g/mol. The Hall–Kier alpha value is -2.40. The number of hydrazone groups is 1. The van der Waals surface area contributed by atoms with Gasteiger partial charge in [0.15, 0.2) is 0 Å². The number of nitrogens with zero attached hydrogens (tertiary/aromatic N) is 2. The van der Waals surface area contributed by atoms with Gasteiger partial charge >= 0.3 is 5.97 Å². The molecule has 1 aromatic heterocycles. The number of aromatic carboxylic acids is 1. The Morgan fingerprint density at radius 1 is 1.37 bits per heavy atom. The molecule has 0 bridgehead atoms. The number of pyridine rings is 1. The molecule has 0 radical (unpaired) electrons. The van der Waals surface area contributed by atoms with Gasteiger partial charge in [0.05, 0.1) is 28.2 Å². The zero-order valence-corrected chi connectivity index (χ0v) is 10.5. The molecule has 0 amide bonds. The summed E-state index contributed by atoms with van der Waals surface area (Å²) in [6.07, 6.45) is 3.20. The highest BCUT2D eigenvalue weighted by Crippen LogP contribution is 2.20. The number of halogens is 1. The number of carboxylic acid groups (broad SMARTS) is 1. The van der Waals surface area contributed by atoms with Crippen molar-refractivity contribution in [2.24, 2.45) is 5.10 Å². The molecule has 19 heavy (non-hydrogen) atoms. The molecule has 2 rings (SSSR count). The number of carbonyl (C=O) groups is 1. The van der Waals surface area contributed by atoms with E-state index in [0.29, 0.717) is 11.4 Å². The summed E-state index contributed by atoms with van der Waals surface area (Å²) in [4.78, 5) is 15.0. The van der Waals surface area contributed by atoms with Crippen molar-refractivity contribution in [2.75, 3.05) is 5.43 Å². The zero-order valence-electron chi connectivity index (χ0n) is 9.75. The van der Waals surface area contributed by atoms with Crippen molar-refractivity contribution in [3.8, 4) is 0 Å². The van der Waals surface area contributed by atoms with Crippen LogP contribution in [0.25, 0.3) is 0 Å². The highest BCUT2D eigenvalue weighted by Gasteiger charge is 2.08. The third-order valence-electron chi connectivity index (χ3n) is 2.28. The molecule has 0 atom stereocenters. The molecule has 0 aliphatic heterocycles. The van der Waals surface area contributed by atoms with Crippen LogP contribution in [0.5, 0.6) is 0 Å². The fourth-order valence-electron chi connectivity index (χ4n) is 1.38. The predicted octanol–water partition coefficient (Wildman–Crippen LogP) is 2.88. The Bertz CT molecular complexity index is 615. The van der Waals surface area contributed by atoms with Crippen molar-refractivity contribution >= 4 is 29.5 Å². The largest absolute Gasteiger partial charge is 0.478 e. The summed E-state index contributed by atoms with van der Waals surface area (Å²) in [5.41, 5.74) is 3.98. The van der Waals surface area contributed by atoms with Gasteiger partial charge in [-0.2, -0.15) is 5.10 Å². The molecule has 2 aromatic rings. The van der Waals surface area contributed by atoms with Crippen molar-refractivity contribution < 1.29 is 9.90 Å². The monoisotopic (exact) mass is 275 g/mol. The van der Waals surface area contributed by atoms with Crippen LogP contribution in [-0.4, -0.2) is 22.3 Å². The first-order valence-corrected chi connectivity index (χ1v) is 5.77. The average molecular weight is 276 g/mol. The van der Waals surface area contributed by atoms with E-state index in [1.165, 1.54) is 18.3 Å². The summed E-state index contributed by atoms with van der Waals surface area (Å²) in [6.45, 7) is 0. The second-order valence-corrected chi connectivity index (χ2v) is 4.03. The minimum absolute atomic E-state index is 0.0275. The Morgan fingerprint density at radius 2 is 2.21 bits per heavy atom. The smallest absolute Gasteiger partial charge is 0.337 e. The number of benzene rings is 1. The molecule has 2 N–H and O–H groups in total. The highest BCUT2D eigenvalue weighted by molar-refractivity contribution is 6.33. The Morgan fingerprint density at radius 3 is 2.89 bits per heavy atom. The van der Waals surface area contributed by atoms with E-state index in [4.69, 9.17) is 16.7 Å². The van der Waals surface area contributed by atoms with Gasteiger partial charge in [0.2, 0.25) is 0 Å². The Balaban J connectivity index is 2.10. The molecule has 0 saturated heterocycles. The van der Waals surface area contributed by atoms with Gasteiger partial charge in [-0.3, -0.25) is 10.4 Å². The molecule has 1 aromatic carbocycles. The standard InChI is InChI=1S/C13H10ClN3O2/c14-12-5-4-9(7-11(12)13(18)19)17-16-8-10-3-1-2-6-15-10/h1-8,17H,(H,18,19)/b16-8+. The molecule has 96 valence electrons. The van der Waals surface area contributed by atoms with Gasteiger partial charge in [0.25, 0.3) is 0 Å². The summed E-state index contributed by atoms with van der Waals surface area (Å²) in [5, 5.41) is 13.1. The maximum Gasteiger partial charge on any atom is 0.337 e. The van der Waals surface area contributed by atoms with Crippen molar-refractivity contribution in [3.05, 3.63) is 58.9 Å². The first kappa shape index (κ1) is 13.0. The SMILES string of the molecule is O=C(O)c1cc(N/N=C/c2ccccn2)ccc1Cl. The minimum Gasteiger partial charge on any atom is -0.478 e. The van der Waals surface area contributed by atoms with E-state index in [-0.39, 0.29) is 10.6 Å². The lowest BCUT2D eigenvalue weighted by molar-refractivity contribution is 0.0697. The van der Waals surface area contributed by atoms with Crippen LogP contribution in [0, 0.1) is 0 Å². The molecule has 0 saturated carbocycles. The van der Waals surface area contributed by atoms with Crippen LogP contribution in [0.3, 0.4) is 0 Å². The number of aromatic nitrogens is 1. The molecule has 6 heteroatoms. The maximum absolute atomic E-state index is 10.9. The van der Waals surface area contributed by atoms with Gasteiger partial charge in [0.1, 0.15) is 0 Å². The van der Waals surface area contributed by atoms with Crippen LogP contribution >= 0.6 is 11.6 Å². The first-order chi connectivity index (χ1) is 9.16. The van der Waals surface area contributed by atoms with Crippen LogP contribution < -0.4 is 5.43 Å². The van der Waals surface area contributed by atoms with Gasteiger partial charge in [-0.15, -0.1) is 0 Å². The number of hydrogen-bond acceptors (Lipinski definition) is 4. The van der Waals surface area contributed by atoms with Crippen molar-refractivity contribution in [3.63, 3.8) is 0 Å². The summed E-state index contributed by atoms with van der Waals surface area (Å²) < 4.78 is 0. The van der Waals surface area contributed by atoms with Gasteiger partial charge in [0, 0.05) is 6.20 Å². The molecule has 0 aliphatic carbocycles. The van der Waals surface area contributed by atoms with E-state index >= 15 is 0 Å². The number of rotatable bonds is 4. The van der Waals surface area contributed by atoms with E-state index in [1.54, 1.807) is 18.3 Å². The van der Waals surface area contributed by atoms with Gasteiger partial charge in [-0.1, -0.05) is 17.7 Å². The normalized spacial score (nSPS) is 10.6. The lowest BCUT2D eigenvalue weighted by Gasteiger charge is -2.03. The maximum atomic E-state index is 10.9.